The Kier molecular flexibility index (Phi) is 4.46. The lowest BCUT2D eigenvalue weighted by molar-refractivity contribution is -0.385. The molecule has 2 N–H and O–H groups in total. The number of benzene rings is 1. The molecule has 20 heavy (non-hydrogen) atoms. The molecule has 7 nitrogen and oxygen atoms in total. The molecule has 0 atom stereocenters. The van der Waals surface area contributed by atoms with Crippen LogP contribution in [0.15, 0.2) is 35.2 Å². The van der Waals surface area contributed by atoms with E-state index < -0.39 is 4.92 Å². The molecule has 0 unspecified atom stereocenters. The van der Waals surface area contributed by atoms with Crippen LogP contribution in [0.25, 0.3) is 0 Å². The Bertz CT molecular complexity index is 628. The lowest BCUT2D eigenvalue weighted by atomic mass is 10.2. The molecule has 1 heterocycles. The maximum atomic E-state index is 12.0. The van der Waals surface area contributed by atoms with Crippen LogP contribution in [0.5, 0.6) is 0 Å². The zero-order valence-corrected chi connectivity index (χ0v) is 11.9. The number of nitrogens with one attached hydrogen (secondary N) is 2. The van der Waals surface area contributed by atoms with Gasteiger partial charge >= 0.3 is 0 Å². The highest BCUT2D eigenvalue weighted by Gasteiger charge is 2.18. The molecule has 8 heteroatoms. The van der Waals surface area contributed by atoms with E-state index in [4.69, 9.17) is 0 Å². The van der Waals surface area contributed by atoms with Gasteiger partial charge in [-0.3, -0.25) is 14.9 Å². The van der Waals surface area contributed by atoms with Crippen molar-refractivity contribution in [1.82, 2.24) is 15.3 Å². The summed E-state index contributed by atoms with van der Waals surface area (Å²) in [5, 5.41) is 13.5. The zero-order chi connectivity index (χ0) is 14.5. The van der Waals surface area contributed by atoms with E-state index in [1.807, 2.05) is 0 Å². The Morgan fingerprint density at radius 1 is 1.50 bits per heavy atom. The molecule has 0 fully saturated rings. The minimum atomic E-state index is -0.536. The zero-order valence-electron chi connectivity index (χ0n) is 10.3. The molecule has 1 amide bonds. The van der Waals surface area contributed by atoms with E-state index in [0.717, 1.165) is 5.69 Å². The van der Waals surface area contributed by atoms with Crippen LogP contribution in [0.1, 0.15) is 16.1 Å². The summed E-state index contributed by atoms with van der Waals surface area (Å²) >= 11 is 3.09. The standard InChI is InChI=1S/C12H11BrN4O3/c13-11-9(2-1-3-10(11)17(19)20)12(18)15-5-4-8-6-14-7-16-8/h1-3,6-7H,4-5H2,(H,14,16)(H,15,18). The van der Waals surface area contributed by atoms with Crippen LogP contribution >= 0.6 is 15.9 Å². The number of hydrogen-bond donors (Lipinski definition) is 2. The monoisotopic (exact) mass is 338 g/mol. The first kappa shape index (κ1) is 14.2. The van der Waals surface area contributed by atoms with Crippen LogP contribution in [0.4, 0.5) is 5.69 Å². The van der Waals surface area contributed by atoms with E-state index in [1.165, 1.54) is 18.2 Å². The fourth-order valence-electron chi connectivity index (χ4n) is 1.66. The van der Waals surface area contributed by atoms with Crippen molar-refractivity contribution in [3.63, 3.8) is 0 Å². The molecule has 1 aromatic heterocycles. The predicted molar refractivity (Wildman–Crippen MR) is 75.4 cm³/mol. The number of imidazole rings is 1. The van der Waals surface area contributed by atoms with Crippen LogP contribution in [0.3, 0.4) is 0 Å². The van der Waals surface area contributed by atoms with Crippen LogP contribution < -0.4 is 5.32 Å². The topological polar surface area (TPSA) is 101 Å². The number of aromatic nitrogens is 2. The van der Waals surface area contributed by atoms with E-state index in [2.05, 4.69) is 31.2 Å². The van der Waals surface area contributed by atoms with Crippen LogP contribution in [0.2, 0.25) is 0 Å². The van der Waals surface area contributed by atoms with Crippen molar-refractivity contribution in [1.29, 1.82) is 0 Å². The molecule has 0 saturated heterocycles. The quantitative estimate of drug-likeness (QED) is 0.643. The molecule has 0 aliphatic heterocycles. The van der Waals surface area contributed by atoms with Gasteiger partial charge < -0.3 is 10.3 Å². The number of carbonyl (C=O) groups excluding carboxylic acids is 1. The summed E-state index contributed by atoms with van der Waals surface area (Å²) in [7, 11) is 0. The van der Waals surface area contributed by atoms with Gasteiger partial charge in [-0.2, -0.15) is 0 Å². The van der Waals surface area contributed by atoms with Crippen molar-refractivity contribution >= 4 is 27.5 Å². The minimum absolute atomic E-state index is 0.133. The van der Waals surface area contributed by atoms with E-state index in [-0.39, 0.29) is 21.6 Å². The number of carbonyl (C=O) groups is 1. The molecule has 0 saturated carbocycles. The van der Waals surface area contributed by atoms with E-state index in [1.54, 1.807) is 12.5 Å². The van der Waals surface area contributed by atoms with Gasteiger partial charge in [0.2, 0.25) is 0 Å². The summed E-state index contributed by atoms with van der Waals surface area (Å²) in [6.45, 7) is 0.413. The maximum Gasteiger partial charge on any atom is 0.284 e. The summed E-state index contributed by atoms with van der Waals surface area (Å²) in [6.07, 6.45) is 3.85. The largest absolute Gasteiger partial charge is 0.352 e. The number of rotatable bonds is 5. The van der Waals surface area contributed by atoms with Gasteiger partial charge in [-0.05, 0) is 22.0 Å². The highest BCUT2D eigenvalue weighted by molar-refractivity contribution is 9.10. The predicted octanol–water partition coefficient (Wildman–Crippen LogP) is 2.05. The Balaban J connectivity index is 2.02. The molecule has 1 aromatic carbocycles. The SMILES string of the molecule is O=C(NCCc1cnc[nH]1)c1cccc([N+](=O)[O-])c1Br. The summed E-state index contributed by atoms with van der Waals surface area (Å²) in [5.74, 6) is -0.361. The fourth-order valence-corrected chi connectivity index (χ4v) is 2.25. The van der Waals surface area contributed by atoms with Crippen molar-refractivity contribution in [3.05, 3.63) is 56.6 Å². The lowest BCUT2D eigenvalue weighted by Crippen LogP contribution is -2.26. The van der Waals surface area contributed by atoms with Crippen molar-refractivity contribution in [2.45, 2.75) is 6.42 Å². The number of hydrogen-bond acceptors (Lipinski definition) is 4. The van der Waals surface area contributed by atoms with Gasteiger partial charge in [0.05, 0.1) is 16.8 Å². The number of H-pyrrole nitrogens is 1. The number of aromatic amines is 1. The van der Waals surface area contributed by atoms with E-state index >= 15 is 0 Å². The van der Waals surface area contributed by atoms with Gasteiger partial charge in [0.25, 0.3) is 11.6 Å². The molecule has 0 spiro atoms. The summed E-state index contributed by atoms with van der Waals surface area (Å²) < 4.78 is 0.184. The average Bonchev–Trinajstić information content (AvgIpc) is 2.91. The third kappa shape index (κ3) is 3.21. The van der Waals surface area contributed by atoms with Gasteiger partial charge in [0, 0.05) is 30.9 Å². The first-order valence-corrected chi connectivity index (χ1v) is 6.57. The Hall–Kier alpha value is -2.22. The molecule has 0 aliphatic rings. The minimum Gasteiger partial charge on any atom is -0.352 e. The van der Waals surface area contributed by atoms with Gasteiger partial charge in [0.15, 0.2) is 0 Å². The number of nitrogens with zero attached hydrogens (tertiary/aromatic N) is 2. The molecule has 0 bridgehead atoms. The molecule has 2 rings (SSSR count). The highest BCUT2D eigenvalue weighted by atomic mass is 79.9. The van der Waals surface area contributed by atoms with Gasteiger partial charge in [-0.25, -0.2) is 4.98 Å². The van der Waals surface area contributed by atoms with E-state index in [0.29, 0.717) is 13.0 Å². The first-order valence-electron chi connectivity index (χ1n) is 5.78. The first-order chi connectivity index (χ1) is 9.59. The van der Waals surface area contributed by atoms with Crippen LogP contribution in [-0.4, -0.2) is 27.3 Å². The number of nitro groups is 1. The lowest BCUT2D eigenvalue weighted by Gasteiger charge is -2.06. The molecule has 0 radical (unpaired) electrons. The Labute approximate surface area is 122 Å². The average molecular weight is 339 g/mol. The summed E-state index contributed by atoms with van der Waals surface area (Å²) in [5.41, 5.74) is 1.01. The molecular formula is C12H11BrN4O3. The third-order valence-electron chi connectivity index (χ3n) is 2.65. The van der Waals surface area contributed by atoms with Crippen molar-refractivity contribution < 1.29 is 9.72 Å². The second-order valence-electron chi connectivity index (χ2n) is 3.98. The highest BCUT2D eigenvalue weighted by Crippen LogP contribution is 2.28. The Morgan fingerprint density at radius 2 is 2.30 bits per heavy atom. The second-order valence-corrected chi connectivity index (χ2v) is 4.77. The molecule has 104 valence electrons. The number of amides is 1. The van der Waals surface area contributed by atoms with Crippen molar-refractivity contribution in [3.8, 4) is 0 Å². The molecule has 0 aliphatic carbocycles. The second kappa shape index (κ2) is 6.29. The smallest absolute Gasteiger partial charge is 0.284 e. The third-order valence-corrected chi connectivity index (χ3v) is 3.49. The molecule has 2 aromatic rings. The van der Waals surface area contributed by atoms with Gasteiger partial charge in [-0.15, -0.1) is 0 Å². The Morgan fingerprint density at radius 3 is 2.95 bits per heavy atom. The number of halogens is 1. The molecular weight excluding hydrogens is 328 g/mol. The van der Waals surface area contributed by atoms with E-state index in [9.17, 15) is 14.9 Å². The van der Waals surface area contributed by atoms with Crippen LogP contribution in [-0.2, 0) is 6.42 Å². The fraction of sp³-hybridized carbons (Fsp3) is 0.167. The number of nitro benzene ring substituents is 1. The summed E-state index contributed by atoms with van der Waals surface area (Å²) in [4.78, 5) is 29.0. The van der Waals surface area contributed by atoms with Crippen molar-refractivity contribution in [2.75, 3.05) is 6.54 Å². The maximum absolute atomic E-state index is 12.0. The van der Waals surface area contributed by atoms with Gasteiger partial charge in [-0.1, -0.05) is 6.07 Å². The van der Waals surface area contributed by atoms with Gasteiger partial charge in [0.1, 0.15) is 4.47 Å². The van der Waals surface area contributed by atoms with Crippen LogP contribution in [0, 0.1) is 10.1 Å². The normalized spacial score (nSPS) is 10.2. The van der Waals surface area contributed by atoms with Crippen molar-refractivity contribution in [2.24, 2.45) is 0 Å². The summed E-state index contributed by atoms with van der Waals surface area (Å²) in [6, 6.07) is 4.35.